The highest BCUT2D eigenvalue weighted by atomic mass is 15.2. The van der Waals surface area contributed by atoms with Gasteiger partial charge in [-0.2, -0.15) is 0 Å². The Labute approximate surface area is 120 Å². The molecule has 0 aliphatic carbocycles. The van der Waals surface area contributed by atoms with Crippen LogP contribution in [0.5, 0.6) is 0 Å². The molecule has 114 valence electrons. The van der Waals surface area contributed by atoms with Gasteiger partial charge in [-0.25, -0.2) is 0 Å². The van der Waals surface area contributed by atoms with Crippen LogP contribution in [0.25, 0.3) is 0 Å². The zero-order valence-electron chi connectivity index (χ0n) is 13.5. The van der Waals surface area contributed by atoms with E-state index >= 15 is 0 Å². The van der Waals surface area contributed by atoms with Crippen molar-refractivity contribution in [2.45, 2.75) is 64.8 Å². The van der Waals surface area contributed by atoms with Crippen LogP contribution in [0.3, 0.4) is 0 Å². The molecule has 0 spiro atoms. The average molecular weight is 269 g/mol. The van der Waals surface area contributed by atoms with Crippen LogP contribution in [0.4, 0.5) is 0 Å². The second kappa shape index (κ2) is 8.93. The van der Waals surface area contributed by atoms with Crippen LogP contribution >= 0.6 is 0 Å². The lowest BCUT2D eigenvalue weighted by atomic mass is 9.88. The van der Waals surface area contributed by atoms with Crippen molar-refractivity contribution in [3.05, 3.63) is 0 Å². The van der Waals surface area contributed by atoms with Gasteiger partial charge in [-0.15, -0.1) is 0 Å². The van der Waals surface area contributed by atoms with E-state index in [-0.39, 0.29) is 5.54 Å². The zero-order chi connectivity index (χ0) is 14.1. The molecule has 1 aliphatic rings. The number of rotatable bonds is 8. The molecule has 2 N–H and O–H groups in total. The summed E-state index contributed by atoms with van der Waals surface area (Å²) < 4.78 is 0. The van der Waals surface area contributed by atoms with E-state index in [0.29, 0.717) is 0 Å². The van der Waals surface area contributed by atoms with Gasteiger partial charge >= 0.3 is 0 Å². The fourth-order valence-electron chi connectivity index (χ4n) is 3.55. The topological polar surface area (TPSA) is 32.5 Å². The first-order valence-corrected chi connectivity index (χ1v) is 8.39. The van der Waals surface area contributed by atoms with Crippen molar-refractivity contribution in [1.29, 1.82) is 0 Å². The summed E-state index contributed by atoms with van der Waals surface area (Å²) in [5, 5.41) is 0. The first-order valence-electron chi connectivity index (χ1n) is 8.39. The van der Waals surface area contributed by atoms with Crippen LogP contribution in [0.1, 0.15) is 59.3 Å². The SMILES string of the molecule is CCCN1CCCC(CN)(N(CCC)CCC)CC1. The Kier molecular flexibility index (Phi) is 7.96. The average Bonchev–Trinajstić information content (AvgIpc) is 2.62. The number of hydrogen-bond acceptors (Lipinski definition) is 3. The quantitative estimate of drug-likeness (QED) is 0.735. The van der Waals surface area contributed by atoms with E-state index in [0.717, 1.165) is 6.54 Å². The molecule has 19 heavy (non-hydrogen) atoms. The highest BCUT2D eigenvalue weighted by Crippen LogP contribution is 2.28. The van der Waals surface area contributed by atoms with Crippen molar-refractivity contribution in [3.8, 4) is 0 Å². The van der Waals surface area contributed by atoms with Crippen molar-refractivity contribution in [3.63, 3.8) is 0 Å². The van der Waals surface area contributed by atoms with Gasteiger partial charge in [0.1, 0.15) is 0 Å². The zero-order valence-corrected chi connectivity index (χ0v) is 13.5. The minimum absolute atomic E-state index is 0.272. The lowest BCUT2D eigenvalue weighted by molar-refractivity contribution is 0.0775. The van der Waals surface area contributed by atoms with Crippen molar-refractivity contribution in [2.75, 3.05) is 39.3 Å². The maximum Gasteiger partial charge on any atom is 0.0344 e. The smallest absolute Gasteiger partial charge is 0.0344 e. The van der Waals surface area contributed by atoms with Crippen molar-refractivity contribution < 1.29 is 0 Å². The van der Waals surface area contributed by atoms with Gasteiger partial charge in [0.15, 0.2) is 0 Å². The predicted octanol–water partition coefficient (Wildman–Crippen LogP) is 2.70. The maximum absolute atomic E-state index is 6.23. The normalized spacial score (nSPS) is 25.7. The molecule has 1 rings (SSSR count). The molecule has 0 aromatic rings. The minimum atomic E-state index is 0.272. The lowest BCUT2D eigenvalue weighted by Crippen LogP contribution is -2.55. The summed E-state index contributed by atoms with van der Waals surface area (Å²) >= 11 is 0. The summed E-state index contributed by atoms with van der Waals surface area (Å²) in [6.45, 7) is 13.8. The van der Waals surface area contributed by atoms with E-state index < -0.39 is 0 Å². The molecule has 3 heteroatoms. The van der Waals surface area contributed by atoms with Crippen LogP contribution in [-0.2, 0) is 0 Å². The van der Waals surface area contributed by atoms with Gasteiger partial charge < -0.3 is 10.6 Å². The molecule has 0 radical (unpaired) electrons. The summed E-state index contributed by atoms with van der Waals surface area (Å²) in [6.07, 6.45) is 7.58. The number of hydrogen-bond donors (Lipinski definition) is 1. The Morgan fingerprint density at radius 2 is 1.68 bits per heavy atom. The summed E-state index contributed by atoms with van der Waals surface area (Å²) in [5.41, 5.74) is 6.50. The van der Waals surface area contributed by atoms with Crippen molar-refractivity contribution in [2.24, 2.45) is 5.73 Å². The Morgan fingerprint density at radius 3 is 2.21 bits per heavy atom. The summed E-state index contributed by atoms with van der Waals surface area (Å²) in [4.78, 5) is 5.33. The van der Waals surface area contributed by atoms with Crippen LogP contribution < -0.4 is 5.73 Å². The molecule has 1 aliphatic heterocycles. The summed E-state index contributed by atoms with van der Waals surface area (Å²) in [5.74, 6) is 0. The molecule has 0 aromatic carbocycles. The summed E-state index contributed by atoms with van der Waals surface area (Å²) in [6, 6.07) is 0. The summed E-state index contributed by atoms with van der Waals surface area (Å²) in [7, 11) is 0. The first-order chi connectivity index (χ1) is 9.22. The number of likely N-dealkylation sites (tertiary alicyclic amines) is 1. The first kappa shape index (κ1) is 16.9. The van der Waals surface area contributed by atoms with E-state index in [1.54, 1.807) is 0 Å². The van der Waals surface area contributed by atoms with E-state index in [1.807, 2.05) is 0 Å². The van der Waals surface area contributed by atoms with Gasteiger partial charge in [-0.1, -0.05) is 20.8 Å². The molecule has 0 amide bonds. The molecule has 1 heterocycles. The highest BCUT2D eigenvalue weighted by molar-refractivity contribution is 4.94. The number of nitrogens with two attached hydrogens (primary N) is 1. The Morgan fingerprint density at radius 1 is 1.00 bits per heavy atom. The second-order valence-corrected chi connectivity index (χ2v) is 6.11. The minimum Gasteiger partial charge on any atom is -0.329 e. The third-order valence-electron chi connectivity index (χ3n) is 4.59. The Balaban J connectivity index is 2.71. The maximum atomic E-state index is 6.23. The van der Waals surface area contributed by atoms with Gasteiger partial charge in [0.25, 0.3) is 0 Å². The highest BCUT2D eigenvalue weighted by Gasteiger charge is 2.36. The van der Waals surface area contributed by atoms with Crippen molar-refractivity contribution >= 4 is 0 Å². The lowest BCUT2D eigenvalue weighted by Gasteiger charge is -2.43. The molecule has 0 bridgehead atoms. The van der Waals surface area contributed by atoms with Gasteiger partial charge in [0, 0.05) is 12.1 Å². The standard InChI is InChI=1S/C16H35N3/c1-4-10-18-13-7-8-16(15-17,9-14-18)19(11-5-2)12-6-3/h4-15,17H2,1-3H3. The Bertz CT molecular complexity index is 226. The molecular formula is C16H35N3. The molecule has 1 atom stereocenters. The van der Waals surface area contributed by atoms with E-state index in [2.05, 4.69) is 30.6 Å². The van der Waals surface area contributed by atoms with Crippen LogP contribution in [0.15, 0.2) is 0 Å². The molecule has 1 unspecified atom stereocenters. The van der Waals surface area contributed by atoms with Gasteiger partial charge in [0.05, 0.1) is 0 Å². The Hall–Kier alpha value is -0.120. The molecule has 1 saturated heterocycles. The van der Waals surface area contributed by atoms with E-state index in [1.165, 1.54) is 71.2 Å². The molecule has 0 aromatic heterocycles. The van der Waals surface area contributed by atoms with Gasteiger partial charge in [-0.3, -0.25) is 4.90 Å². The van der Waals surface area contributed by atoms with E-state index in [9.17, 15) is 0 Å². The van der Waals surface area contributed by atoms with Crippen LogP contribution in [0, 0.1) is 0 Å². The van der Waals surface area contributed by atoms with Gasteiger partial charge in [0.2, 0.25) is 0 Å². The van der Waals surface area contributed by atoms with Crippen LogP contribution in [0.2, 0.25) is 0 Å². The van der Waals surface area contributed by atoms with Gasteiger partial charge in [-0.05, 0) is 71.2 Å². The van der Waals surface area contributed by atoms with Crippen molar-refractivity contribution in [1.82, 2.24) is 9.80 Å². The monoisotopic (exact) mass is 269 g/mol. The molecular weight excluding hydrogens is 234 g/mol. The van der Waals surface area contributed by atoms with Crippen LogP contribution in [-0.4, -0.2) is 54.6 Å². The molecule has 1 fully saturated rings. The fraction of sp³-hybridized carbons (Fsp3) is 1.00. The fourth-order valence-corrected chi connectivity index (χ4v) is 3.55. The predicted molar refractivity (Wildman–Crippen MR) is 84.5 cm³/mol. The third-order valence-corrected chi connectivity index (χ3v) is 4.59. The third kappa shape index (κ3) is 4.73. The second-order valence-electron chi connectivity index (χ2n) is 6.11. The molecule has 0 saturated carbocycles. The number of nitrogens with zero attached hydrogens (tertiary/aromatic N) is 2. The van der Waals surface area contributed by atoms with E-state index in [4.69, 9.17) is 5.73 Å². The largest absolute Gasteiger partial charge is 0.329 e. The molecule has 3 nitrogen and oxygen atoms in total.